The highest BCUT2D eigenvalue weighted by Crippen LogP contribution is 2.23. The largest absolute Gasteiger partial charge is 0.372 e. The van der Waals surface area contributed by atoms with E-state index in [1.807, 2.05) is 0 Å². The molecular weight excluding hydrogens is 465 g/mol. The van der Waals surface area contributed by atoms with E-state index < -0.39 is 0 Å². The maximum absolute atomic E-state index is 11.3. The van der Waals surface area contributed by atoms with Crippen LogP contribution < -0.4 is 20.9 Å². The smallest absolute Gasteiger partial charge is 0.220 e. The summed E-state index contributed by atoms with van der Waals surface area (Å²) in [6.07, 6.45) is 3.99. The van der Waals surface area contributed by atoms with E-state index in [1.165, 1.54) is 24.1 Å². The van der Waals surface area contributed by atoms with E-state index in [2.05, 4.69) is 59.0 Å². The molecule has 0 aromatic heterocycles. The zero-order valence-electron chi connectivity index (χ0n) is 17.0. The van der Waals surface area contributed by atoms with Gasteiger partial charge in [0.2, 0.25) is 5.91 Å². The Morgan fingerprint density at radius 3 is 2.54 bits per heavy atom. The standard InChI is InChI=1S/C21H33N5O.HI/c1-3-22-21(25-18-6-9-20(27)23-15-18)24-14-17-4-7-19(8-5-17)26-12-10-16(2)11-13-26;/h4-5,7-8,16,18H,3,6,9-15H2,1-2H3,(H,23,27)(H2,22,24,25);1H. The van der Waals surface area contributed by atoms with E-state index in [-0.39, 0.29) is 35.9 Å². The van der Waals surface area contributed by atoms with Crippen LogP contribution in [-0.2, 0) is 11.3 Å². The second-order valence-corrected chi connectivity index (χ2v) is 7.72. The predicted molar refractivity (Wildman–Crippen MR) is 126 cm³/mol. The Bertz CT molecular complexity index is 631. The van der Waals surface area contributed by atoms with Crippen LogP contribution in [0, 0.1) is 5.92 Å². The highest BCUT2D eigenvalue weighted by molar-refractivity contribution is 14.0. The van der Waals surface area contributed by atoms with E-state index >= 15 is 0 Å². The monoisotopic (exact) mass is 499 g/mol. The van der Waals surface area contributed by atoms with Gasteiger partial charge in [-0.05, 0) is 49.8 Å². The SMILES string of the molecule is CCNC(=NCc1ccc(N2CCC(C)CC2)cc1)NC1CCC(=O)NC1.I. The lowest BCUT2D eigenvalue weighted by molar-refractivity contribution is -0.122. The van der Waals surface area contributed by atoms with Crippen LogP contribution in [0.3, 0.4) is 0 Å². The highest BCUT2D eigenvalue weighted by Gasteiger charge is 2.19. The van der Waals surface area contributed by atoms with E-state index in [1.54, 1.807) is 0 Å². The number of rotatable bonds is 5. The van der Waals surface area contributed by atoms with Crippen molar-refractivity contribution < 1.29 is 4.79 Å². The quantitative estimate of drug-likeness (QED) is 0.331. The Hall–Kier alpha value is -1.51. The number of aliphatic imine (C=N–C) groups is 1. The molecule has 156 valence electrons. The fourth-order valence-corrected chi connectivity index (χ4v) is 3.62. The molecule has 1 aromatic rings. The fourth-order valence-electron chi connectivity index (χ4n) is 3.62. The Balaban J connectivity index is 0.00000280. The molecule has 1 aromatic carbocycles. The first-order valence-corrected chi connectivity index (χ1v) is 10.3. The van der Waals surface area contributed by atoms with Crippen LogP contribution >= 0.6 is 24.0 Å². The molecule has 2 heterocycles. The number of guanidine groups is 1. The minimum atomic E-state index is 0. The molecule has 2 saturated heterocycles. The van der Waals surface area contributed by atoms with Gasteiger partial charge in [0.05, 0.1) is 6.54 Å². The number of carbonyl (C=O) groups is 1. The van der Waals surface area contributed by atoms with E-state index in [9.17, 15) is 4.79 Å². The summed E-state index contributed by atoms with van der Waals surface area (Å²) in [6.45, 7) is 8.84. The molecule has 28 heavy (non-hydrogen) atoms. The van der Waals surface area contributed by atoms with Crippen molar-refractivity contribution >= 4 is 41.5 Å². The summed E-state index contributed by atoms with van der Waals surface area (Å²) in [5.74, 6) is 1.80. The third kappa shape index (κ3) is 6.83. The van der Waals surface area contributed by atoms with E-state index in [0.29, 0.717) is 19.5 Å². The van der Waals surface area contributed by atoms with Gasteiger partial charge in [0, 0.05) is 44.3 Å². The Labute approximate surface area is 186 Å². The average Bonchev–Trinajstić information content (AvgIpc) is 2.69. The average molecular weight is 499 g/mol. The number of hydrogen-bond acceptors (Lipinski definition) is 3. The van der Waals surface area contributed by atoms with Crippen LogP contribution in [0.25, 0.3) is 0 Å². The summed E-state index contributed by atoms with van der Waals surface area (Å²) < 4.78 is 0. The Morgan fingerprint density at radius 2 is 1.93 bits per heavy atom. The van der Waals surface area contributed by atoms with Crippen LogP contribution in [0.5, 0.6) is 0 Å². The Kier molecular flexibility index (Phi) is 9.34. The van der Waals surface area contributed by atoms with Crippen molar-refractivity contribution in [3.63, 3.8) is 0 Å². The number of carbonyl (C=O) groups excluding carboxylic acids is 1. The number of nitrogens with one attached hydrogen (secondary N) is 3. The van der Waals surface area contributed by atoms with Crippen molar-refractivity contribution in [3.8, 4) is 0 Å². The number of amides is 1. The number of hydrogen-bond donors (Lipinski definition) is 3. The topological polar surface area (TPSA) is 68.8 Å². The number of anilines is 1. The molecule has 1 amide bonds. The van der Waals surface area contributed by atoms with E-state index in [0.717, 1.165) is 37.9 Å². The van der Waals surface area contributed by atoms with Gasteiger partial charge in [-0.1, -0.05) is 19.1 Å². The molecule has 0 aliphatic carbocycles. The minimum Gasteiger partial charge on any atom is -0.372 e. The van der Waals surface area contributed by atoms with Crippen LogP contribution in [-0.4, -0.2) is 44.1 Å². The van der Waals surface area contributed by atoms with Gasteiger partial charge in [0.1, 0.15) is 0 Å². The van der Waals surface area contributed by atoms with Gasteiger partial charge in [-0.2, -0.15) is 0 Å². The lowest BCUT2D eigenvalue weighted by Crippen LogP contribution is -2.51. The third-order valence-corrected chi connectivity index (χ3v) is 5.46. The van der Waals surface area contributed by atoms with Crippen LogP contribution in [0.15, 0.2) is 29.3 Å². The normalized spacial score (nSPS) is 20.9. The number of nitrogens with zero attached hydrogens (tertiary/aromatic N) is 2. The van der Waals surface area contributed by atoms with Crippen molar-refractivity contribution in [2.45, 2.75) is 52.1 Å². The summed E-state index contributed by atoms with van der Waals surface area (Å²) in [6, 6.07) is 9.04. The van der Waals surface area contributed by atoms with Gasteiger partial charge >= 0.3 is 0 Å². The molecule has 0 bridgehead atoms. The fraction of sp³-hybridized carbons (Fsp3) is 0.619. The molecule has 3 N–H and O–H groups in total. The van der Waals surface area contributed by atoms with Crippen molar-refractivity contribution in [3.05, 3.63) is 29.8 Å². The molecule has 1 unspecified atom stereocenters. The molecule has 2 fully saturated rings. The second kappa shape index (κ2) is 11.5. The van der Waals surface area contributed by atoms with Gasteiger partial charge in [-0.3, -0.25) is 4.79 Å². The van der Waals surface area contributed by atoms with Crippen molar-refractivity contribution in [2.75, 3.05) is 31.1 Å². The van der Waals surface area contributed by atoms with Crippen LogP contribution in [0.1, 0.15) is 45.1 Å². The van der Waals surface area contributed by atoms with Gasteiger partial charge in [0.25, 0.3) is 0 Å². The summed E-state index contributed by atoms with van der Waals surface area (Å²) in [4.78, 5) is 18.5. The lowest BCUT2D eigenvalue weighted by atomic mass is 9.99. The minimum absolute atomic E-state index is 0. The summed E-state index contributed by atoms with van der Waals surface area (Å²) in [7, 11) is 0. The van der Waals surface area contributed by atoms with E-state index in [4.69, 9.17) is 4.99 Å². The lowest BCUT2D eigenvalue weighted by Gasteiger charge is -2.32. The van der Waals surface area contributed by atoms with Gasteiger partial charge in [-0.15, -0.1) is 24.0 Å². The van der Waals surface area contributed by atoms with Crippen LogP contribution in [0.2, 0.25) is 0 Å². The second-order valence-electron chi connectivity index (χ2n) is 7.72. The van der Waals surface area contributed by atoms with Gasteiger partial charge in [0.15, 0.2) is 5.96 Å². The number of piperidine rings is 2. The van der Waals surface area contributed by atoms with Crippen molar-refractivity contribution in [2.24, 2.45) is 10.9 Å². The molecule has 6 nitrogen and oxygen atoms in total. The first-order chi connectivity index (χ1) is 13.1. The maximum atomic E-state index is 11.3. The Morgan fingerprint density at radius 1 is 1.21 bits per heavy atom. The summed E-state index contributed by atoms with van der Waals surface area (Å²) >= 11 is 0. The summed E-state index contributed by atoms with van der Waals surface area (Å²) in [5, 5.41) is 9.63. The molecule has 2 aliphatic heterocycles. The van der Waals surface area contributed by atoms with Gasteiger partial charge in [-0.25, -0.2) is 4.99 Å². The zero-order chi connectivity index (χ0) is 19.1. The molecule has 0 saturated carbocycles. The van der Waals surface area contributed by atoms with Crippen molar-refractivity contribution in [1.82, 2.24) is 16.0 Å². The highest BCUT2D eigenvalue weighted by atomic mass is 127. The first kappa shape index (κ1) is 22.8. The molecular formula is C21H34IN5O. The zero-order valence-corrected chi connectivity index (χ0v) is 19.4. The molecule has 0 spiro atoms. The maximum Gasteiger partial charge on any atom is 0.220 e. The van der Waals surface area contributed by atoms with Gasteiger partial charge < -0.3 is 20.9 Å². The first-order valence-electron chi connectivity index (χ1n) is 10.3. The number of benzene rings is 1. The van der Waals surface area contributed by atoms with Crippen molar-refractivity contribution in [1.29, 1.82) is 0 Å². The molecule has 3 rings (SSSR count). The van der Waals surface area contributed by atoms with Crippen LogP contribution in [0.4, 0.5) is 5.69 Å². The summed E-state index contributed by atoms with van der Waals surface area (Å²) in [5.41, 5.74) is 2.52. The molecule has 1 atom stereocenters. The third-order valence-electron chi connectivity index (χ3n) is 5.46. The molecule has 7 heteroatoms. The molecule has 0 radical (unpaired) electrons. The number of halogens is 1. The molecule has 2 aliphatic rings. The predicted octanol–water partition coefficient (Wildman–Crippen LogP) is 2.87.